The summed E-state index contributed by atoms with van der Waals surface area (Å²) in [5.41, 5.74) is 7.58. The highest BCUT2D eigenvalue weighted by Gasteiger charge is 2.24. The third kappa shape index (κ3) is 4.97. The molecule has 4 heteroatoms. The van der Waals surface area contributed by atoms with Crippen LogP contribution in [-0.4, -0.2) is 19.0 Å². The van der Waals surface area contributed by atoms with Crippen LogP contribution < -0.4 is 15.4 Å². The number of fused-ring (bicyclic) bond motifs is 1. The highest BCUT2D eigenvalue weighted by molar-refractivity contribution is 5.72. The molecule has 0 spiro atoms. The molecule has 1 unspecified atom stereocenters. The predicted molar refractivity (Wildman–Crippen MR) is 125 cm³/mol. The number of benzene rings is 3. The Labute approximate surface area is 184 Å². The standard InChI is InChI=1S/C27H30N2O2/c1-19-22(10-6-11-23(19)21-8-4-3-5-9-21)18-31-27-13-7-12-24-25(27)14-15-26(24)29-17-16-28-20(2)30/h3-13,26,29H,14-18H2,1-2H3,(H,28,30). The maximum atomic E-state index is 11.0. The Morgan fingerprint density at radius 3 is 2.61 bits per heavy atom. The smallest absolute Gasteiger partial charge is 0.216 e. The lowest BCUT2D eigenvalue weighted by molar-refractivity contribution is -0.118. The molecule has 31 heavy (non-hydrogen) atoms. The Bertz CT molecular complexity index is 1050. The van der Waals surface area contributed by atoms with Gasteiger partial charge in [0.25, 0.3) is 0 Å². The van der Waals surface area contributed by atoms with Crippen LogP contribution in [0.2, 0.25) is 0 Å². The lowest BCUT2D eigenvalue weighted by Crippen LogP contribution is -2.31. The fourth-order valence-corrected chi connectivity index (χ4v) is 4.38. The van der Waals surface area contributed by atoms with E-state index in [9.17, 15) is 4.79 Å². The highest BCUT2D eigenvalue weighted by atomic mass is 16.5. The second-order valence-electron chi connectivity index (χ2n) is 8.10. The lowest BCUT2D eigenvalue weighted by Gasteiger charge is -2.16. The molecule has 0 aromatic heterocycles. The second kappa shape index (κ2) is 9.80. The molecule has 0 bridgehead atoms. The largest absolute Gasteiger partial charge is 0.489 e. The summed E-state index contributed by atoms with van der Waals surface area (Å²) < 4.78 is 6.33. The molecule has 0 saturated carbocycles. The van der Waals surface area contributed by atoms with E-state index in [-0.39, 0.29) is 5.91 Å². The first kappa shape index (κ1) is 21.1. The van der Waals surface area contributed by atoms with Crippen LogP contribution in [0.3, 0.4) is 0 Å². The predicted octanol–water partition coefficient (Wildman–Crippen LogP) is 4.95. The summed E-state index contributed by atoms with van der Waals surface area (Å²) in [6.45, 7) is 5.69. The third-order valence-electron chi connectivity index (χ3n) is 6.03. The molecule has 0 radical (unpaired) electrons. The van der Waals surface area contributed by atoms with E-state index in [1.165, 1.54) is 33.4 Å². The number of carbonyl (C=O) groups excluding carboxylic acids is 1. The zero-order chi connectivity index (χ0) is 21.6. The molecule has 160 valence electrons. The molecule has 2 N–H and O–H groups in total. The van der Waals surface area contributed by atoms with E-state index in [1.807, 2.05) is 6.07 Å². The summed E-state index contributed by atoms with van der Waals surface area (Å²) in [6, 6.07) is 23.6. The van der Waals surface area contributed by atoms with Gasteiger partial charge in [-0.25, -0.2) is 0 Å². The molecule has 0 fully saturated rings. The normalized spacial score (nSPS) is 14.8. The molecule has 3 aromatic rings. The Balaban J connectivity index is 1.44. The fraction of sp³-hybridized carbons (Fsp3) is 0.296. The Hall–Kier alpha value is -3.11. The quantitative estimate of drug-likeness (QED) is 0.513. The summed E-state index contributed by atoms with van der Waals surface area (Å²) in [5.74, 6) is 0.990. The van der Waals surface area contributed by atoms with Crippen molar-refractivity contribution in [1.29, 1.82) is 0 Å². The average molecular weight is 415 g/mol. The fourth-order valence-electron chi connectivity index (χ4n) is 4.38. The van der Waals surface area contributed by atoms with E-state index in [4.69, 9.17) is 4.74 Å². The van der Waals surface area contributed by atoms with Crippen molar-refractivity contribution in [1.82, 2.24) is 10.6 Å². The molecular weight excluding hydrogens is 384 g/mol. The molecular formula is C27H30N2O2. The van der Waals surface area contributed by atoms with Gasteiger partial charge in [0.2, 0.25) is 5.91 Å². The Morgan fingerprint density at radius 1 is 1.00 bits per heavy atom. The van der Waals surface area contributed by atoms with Crippen LogP contribution in [0.15, 0.2) is 66.7 Å². The Kier molecular flexibility index (Phi) is 6.68. The van der Waals surface area contributed by atoms with Gasteiger partial charge in [0, 0.05) is 26.1 Å². The van der Waals surface area contributed by atoms with Crippen LogP contribution in [0.25, 0.3) is 11.1 Å². The lowest BCUT2D eigenvalue weighted by atomic mass is 9.97. The Morgan fingerprint density at radius 2 is 1.81 bits per heavy atom. The maximum Gasteiger partial charge on any atom is 0.216 e. The van der Waals surface area contributed by atoms with E-state index in [1.54, 1.807) is 6.92 Å². The van der Waals surface area contributed by atoms with Gasteiger partial charge in [0.15, 0.2) is 0 Å². The molecule has 1 aliphatic rings. The van der Waals surface area contributed by atoms with Crippen molar-refractivity contribution in [2.24, 2.45) is 0 Å². The monoisotopic (exact) mass is 414 g/mol. The van der Waals surface area contributed by atoms with Crippen molar-refractivity contribution in [2.45, 2.75) is 39.3 Å². The first-order valence-electron chi connectivity index (χ1n) is 11.0. The SMILES string of the molecule is CC(=O)NCCNC1CCc2c(OCc3cccc(-c4ccccc4)c3C)cccc21. The molecule has 0 aliphatic heterocycles. The van der Waals surface area contributed by atoms with E-state index < -0.39 is 0 Å². The average Bonchev–Trinajstić information content (AvgIpc) is 3.20. The van der Waals surface area contributed by atoms with Gasteiger partial charge in [-0.1, -0.05) is 60.7 Å². The second-order valence-corrected chi connectivity index (χ2v) is 8.10. The highest BCUT2D eigenvalue weighted by Crippen LogP contribution is 2.37. The van der Waals surface area contributed by atoms with Gasteiger partial charge in [-0.2, -0.15) is 0 Å². The molecule has 3 aromatic carbocycles. The third-order valence-corrected chi connectivity index (χ3v) is 6.03. The number of ether oxygens (including phenoxy) is 1. The van der Waals surface area contributed by atoms with Crippen molar-refractivity contribution in [2.75, 3.05) is 13.1 Å². The van der Waals surface area contributed by atoms with Crippen LogP contribution in [0, 0.1) is 6.92 Å². The van der Waals surface area contributed by atoms with E-state index in [0.29, 0.717) is 19.2 Å². The molecule has 0 heterocycles. The van der Waals surface area contributed by atoms with Gasteiger partial charge in [-0.3, -0.25) is 4.79 Å². The molecule has 0 saturated heterocycles. The number of carbonyl (C=O) groups is 1. The van der Waals surface area contributed by atoms with Crippen LogP contribution in [-0.2, 0) is 17.8 Å². The van der Waals surface area contributed by atoms with Gasteiger partial charge >= 0.3 is 0 Å². The van der Waals surface area contributed by atoms with Gasteiger partial charge in [0.05, 0.1) is 0 Å². The van der Waals surface area contributed by atoms with Crippen molar-refractivity contribution in [3.63, 3.8) is 0 Å². The van der Waals surface area contributed by atoms with Crippen LogP contribution in [0.1, 0.15) is 41.6 Å². The van der Waals surface area contributed by atoms with Crippen molar-refractivity contribution in [3.8, 4) is 16.9 Å². The maximum absolute atomic E-state index is 11.0. The van der Waals surface area contributed by atoms with Gasteiger partial charge in [0.1, 0.15) is 12.4 Å². The molecule has 1 atom stereocenters. The molecule has 1 amide bonds. The zero-order valence-electron chi connectivity index (χ0n) is 18.3. The minimum absolute atomic E-state index is 0.0101. The summed E-state index contributed by atoms with van der Waals surface area (Å²) >= 11 is 0. The van der Waals surface area contributed by atoms with Crippen molar-refractivity contribution in [3.05, 3.63) is 89.0 Å². The van der Waals surface area contributed by atoms with E-state index in [2.05, 4.69) is 78.2 Å². The topological polar surface area (TPSA) is 50.4 Å². The number of amides is 1. The summed E-state index contributed by atoms with van der Waals surface area (Å²) in [4.78, 5) is 11.0. The summed E-state index contributed by atoms with van der Waals surface area (Å²) in [5, 5.41) is 6.40. The zero-order valence-corrected chi connectivity index (χ0v) is 18.3. The number of hydrogen-bond acceptors (Lipinski definition) is 3. The van der Waals surface area contributed by atoms with Gasteiger partial charge < -0.3 is 15.4 Å². The minimum Gasteiger partial charge on any atom is -0.489 e. The van der Waals surface area contributed by atoms with Gasteiger partial charge in [-0.05, 0) is 59.2 Å². The van der Waals surface area contributed by atoms with Crippen molar-refractivity contribution < 1.29 is 9.53 Å². The number of hydrogen-bond donors (Lipinski definition) is 2. The summed E-state index contributed by atoms with van der Waals surface area (Å²) in [7, 11) is 0. The van der Waals surface area contributed by atoms with Crippen molar-refractivity contribution >= 4 is 5.91 Å². The summed E-state index contributed by atoms with van der Waals surface area (Å²) in [6.07, 6.45) is 2.06. The first-order valence-corrected chi connectivity index (χ1v) is 11.0. The molecule has 1 aliphatic carbocycles. The first-order chi connectivity index (χ1) is 15.1. The van der Waals surface area contributed by atoms with E-state index >= 15 is 0 Å². The minimum atomic E-state index is 0.0101. The van der Waals surface area contributed by atoms with Crippen LogP contribution >= 0.6 is 0 Å². The number of nitrogens with one attached hydrogen (secondary N) is 2. The van der Waals surface area contributed by atoms with E-state index in [0.717, 1.165) is 25.1 Å². The molecule has 4 nitrogen and oxygen atoms in total. The number of rotatable bonds is 8. The van der Waals surface area contributed by atoms with Crippen LogP contribution in [0.4, 0.5) is 0 Å². The van der Waals surface area contributed by atoms with Gasteiger partial charge in [-0.15, -0.1) is 0 Å². The molecule has 4 rings (SSSR count). The van der Waals surface area contributed by atoms with Crippen LogP contribution in [0.5, 0.6) is 5.75 Å².